The van der Waals surface area contributed by atoms with E-state index in [0.29, 0.717) is 23.6 Å². The summed E-state index contributed by atoms with van der Waals surface area (Å²) in [5.41, 5.74) is -0.0331. The van der Waals surface area contributed by atoms with Crippen molar-refractivity contribution in [2.45, 2.75) is 25.8 Å². The molecule has 2 N–H and O–H groups in total. The maximum absolute atomic E-state index is 12.9. The number of imide groups is 1. The molecule has 2 aromatic rings. The van der Waals surface area contributed by atoms with Gasteiger partial charge in [0.1, 0.15) is 17.8 Å². The molecule has 146 valence electrons. The van der Waals surface area contributed by atoms with Crippen LogP contribution in [-0.4, -0.2) is 35.9 Å². The number of hydrogen-bond acceptors (Lipinski definition) is 4. The molecule has 1 heterocycles. The average Bonchev–Trinajstić information content (AvgIpc) is 2.92. The third-order valence-corrected chi connectivity index (χ3v) is 4.55. The Morgan fingerprint density at radius 3 is 2.50 bits per heavy atom. The molecular weight excluding hydrogens is 358 g/mol. The number of amides is 4. The van der Waals surface area contributed by atoms with E-state index in [4.69, 9.17) is 4.74 Å². The molecule has 3 rings (SSSR count). The minimum atomic E-state index is -1.19. The number of carbonyl (C=O) groups is 3. The van der Waals surface area contributed by atoms with E-state index in [1.54, 1.807) is 49.4 Å². The van der Waals surface area contributed by atoms with Crippen LogP contribution in [0.2, 0.25) is 0 Å². The second kappa shape index (κ2) is 8.12. The van der Waals surface area contributed by atoms with Crippen LogP contribution < -0.4 is 15.4 Å². The zero-order valence-corrected chi connectivity index (χ0v) is 15.9. The quantitative estimate of drug-likeness (QED) is 0.722. The number of hydrogen-bond donors (Lipinski definition) is 2. The number of para-hydroxylation sites is 2. The molecule has 28 heavy (non-hydrogen) atoms. The van der Waals surface area contributed by atoms with Gasteiger partial charge in [-0.15, -0.1) is 0 Å². The average molecular weight is 381 g/mol. The van der Waals surface area contributed by atoms with Crippen molar-refractivity contribution in [1.82, 2.24) is 10.2 Å². The lowest BCUT2D eigenvalue weighted by Gasteiger charge is -2.22. The predicted molar refractivity (Wildman–Crippen MR) is 105 cm³/mol. The lowest BCUT2D eigenvalue weighted by atomic mass is 9.92. The Morgan fingerprint density at radius 1 is 1.11 bits per heavy atom. The van der Waals surface area contributed by atoms with Gasteiger partial charge in [-0.1, -0.05) is 49.4 Å². The van der Waals surface area contributed by atoms with Crippen molar-refractivity contribution < 1.29 is 19.1 Å². The normalized spacial score (nSPS) is 18.7. The first-order valence-corrected chi connectivity index (χ1v) is 9.17. The number of nitrogens with one attached hydrogen (secondary N) is 2. The topological polar surface area (TPSA) is 87.7 Å². The third kappa shape index (κ3) is 3.83. The zero-order valence-electron chi connectivity index (χ0n) is 15.9. The highest BCUT2D eigenvalue weighted by Crippen LogP contribution is 2.29. The van der Waals surface area contributed by atoms with Crippen LogP contribution in [0.3, 0.4) is 0 Å². The number of nitrogens with zero attached hydrogens (tertiary/aromatic N) is 1. The number of carbonyl (C=O) groups excluding carboxylic acids is 3. The molecule has 0 bridgehead atoms. The molecule has 0 aromatic heterocycles. The second-order valence-corrected chi connectivity index (χ2v) is 6.71. The molecule has 1 atom stereocenters. The minimum absolute atomic E-state index is 0.380. The van der Waals surface area contributed by atoms with Crippen LogP contribution in [0.1, 0.15) is 25.8 Å². The fourth-order valence-corrected chi connectivity index (χ4v) is 3.05. The summed E-state index contributed by atoms with van der Waals surface area (Å²) >= 11 is 0. The Bertz CT molecular complexity index is 884. The molecule has 1 aliphatic rings. The molecule has 0 spiro atoms. The molecule has 1 saturated heterocycles. The largest absolute Gasteiger partial charge is 0.491 e. The van der Waals surface area contributed by atoms with Gasteiger partial charge in [0, 0.05) is 0 Å². The molecule has 1 fully saturated rings. The lowest BCUT2D eigenvalue weighted by molar-refractivity contribution is -0.133. The van der Waals surface area contributed by atoms with Gasteiger partial charge in [0.25, 0.3) is 5.91 Å². The lowest BCUT2D eigenvalue weighted by Crippen LogP contribution is -2.42. The fourth-order valence-electron chi connectivity index (χ4n) is 3.05. The maximum Gasteiger partial charge on any atom is 0.325 e. The van der Waals surface area contributed by atoms with Crippen LogP contribution in [0.15, 0.2) is 54.6 Å². The van der Waals surface area contributed by atoms with Gasteiger partial charge in [-0.25, -0.2) is 4.79 Å². The van der Waals surface area contributed by atoms with Crippen LogP contribution >= 0.6 is 0 Å². The van der Waals surface area contributed by atoms with Gasteiger partial charge in [-0.2, -0.15) is 0 Å². The first-order valence-electron chi connectivity index (χ1n) is 9.17. The minimum Gasteiger partial charge on any atom is -0.491 e. The van der Waals surface area contributed by atoms with Crippen molar-refractivity contribution in [1.29, 1.82) is 0 Å². The highest BCUT2D eigenvalue weighted by Gasteiger charge is 2.49. The molecule has 0 aliphatic carbocycles. The van der Waals surface area contributed by atoms with Crippen molar-refractivity contribution in [3.8, 4) is 5.75 Å². The molecule has 1 aliphatic heterocycles. The van der Waals surface area contributed by atoms with E-state index >= 15 is 0 Å². The van der Waals surface area contributed by atoms with E-state index < -0.39 is 23.4 Å². The fraction of sp³-hybridized carbons (Fsp3) is 0.286. The Labute approximate surface area is 163 Å². The second-order valence-electron chi connectivity index (χ2n) is 6.71. The van der Waals surface area contributed by atoms with Crippen LogP contribution in [0.5, 0.6) is 5.75 Å². The van der Waals surface area contributed by atoms with E-state index in [-0.39, 0.29) is 6.54 Å². The van der Waals surface area contributed by atoms with Crippen molar-refractivity contribution in [2.24, 2.45) is 0 Å². The van der Waals surface area contributed by atoms with Crippen molar-refractivity contribution in [3.63, 3.8) is 0 Å². The summed E-state index contributed by atoms with van der Waals surface area (Å²) in [6.45, 7) is 3.77. The van der Waals surface area contributed by atoms with E-state index in [1.165, 1.54) is 0 Å². The Kier molecular flexibility index (Phi) is 5.63. The third-order valence-electron chi connectivity index (χ3n) is 4.55. The first kappa shape index (κ1) is 19.4. The number of urea groups is 1. The van der Waals surface area contributed by atoms with Gasteiger partial charge in [-0.3, -0.25) is 14.5 Å². The van der Waals surface area contributed by atoms with Gasteiger partial charge in [-0.05, 0) is 31.0 Å². The monoisotopic (exact) mass is 381 g/mol. The number of benzene rings is 2. The number of ether oxygens (including phenoxy) is 1. The Balaban J connectivity index is 1.71. The smallest absolute Gasteiger partial charge is 0.325 e. The summed E-state index contributed by atoms with van der Waals surface area (Å²) in [7, 11) is 0. The van der Waals surface area contributed by atoms with Crippen LogP contribution in [0.4, 0.5) is 10.5 Å². The van der Waals surface area contributed by atoms with Gasteiger partial charge in [0.05, 0.1) is 12.3 Å². The Morgan fingerprint density at radius 2 is 1.79 bits per heavy atom. The van der Waals surface area contributed by atoms with Gasteiger partial charge >= 0.3 is 6.03 Å². The SMILES string of the molecule is CCCOc1ccccc1NC(=O)CN1C(=O)NC(C)(c2ccccc2)C1=O. The molecule has 0 radical (unpaired) electrons. The molecule has 4 amide bonds. The zero-order chi connectivity index (χ0) is 20.1. The highest BCUT2D eigenvalue weighted by molar-refractivity contribution is 6.10. The first-order chi connectivity index (χ1) is 13.5. The molecule has 0 saturated carbocycles. The van der Waals surface area contributed by atoms with Gasteiger partial charge in [0.2, 0.25) is 5.91 Å². The molecule has 7 nitrogen and oxygen atoms in total. The standard InChI is InChI=1S/C21H23N3O4/c1-3-13-28-17-12-8-7-11-16(17)22-18(25)14-24-19(26)21(2,23-20(24)27)15-9-5-4-6-10-15/h4-12H,3,13-14H2,1-2H3,(H,22,25)(H,23,27). The van der Waals surface area contributed by atoms with E-state index in [9.17, 15) is 14.4 Å². The molecular formula is C21H23N3O4. The molecule has 2 aromatic carbocycles. The molecule has 7 heteroatoms. The van der Waals surface area contributed by atoms with Crippen LogP contribution in [0, 0.1) is 0 Å². The molecule has 1 unspecified atom stereocenters. The number of anilines is 1. The van der Waals surface area contributed by atoms with E-state index in [1.807, 2.05) is 19.1 Å². The summed E-state index contributed by atoms with van der Waals surface area (Å²) in [6.07, 6.45) is 0.836. The summed E-state index contributed by atoms with van der Waals surface area (Å²) in [5, 5.41) is 5.40. The predicted octanol–water partition coefficient (Wildman–Crippen LogP) is 2.88. The van der Waals surface area contributed by atoms with Crippen molar-refractivity contribution in [3.05, 3.63) is 60.2 Å². The van der Waals surface area contributed by atoms with Crippen molar-refractivity contribution in [2.75, 3.05) is 18.5 Å². The van der Waals surface area contributed by atoms with Gasteiger partial charge in [0.15, 0.2) is 0 Å². The summed E-state index contributed by atoms with van der Waals surface area (Å²) in [4.78, 5) is 38.7. The summed E-state index contributed by atoms with van der Waals surface area (Å²) in [5.74, 6) is -0.397. The highest BCUT2D eigenvalue weighted by atomic mass is 16.5. The van der Waals surface area contributed by atoms with E-state index in [0.717, 1.165) is 11.3 Å². The van der Waals surface area contributed by atoms with Crippen LogP contribution in [-0.2, 0) is 15.1 Å². The van der Waals surface area contributed by atoms with E-state index in [2.05, 4.69) is 10.6 Å². The maximum atomic E-state index is 12.9. The number of rotatable bonds is 7. The summed E-state index contributed by atoms with van der Waals surface area (Å²) in [6, 6.07) is 15.4. The van der Waals surface area contributed by atoms with Gasteiger partial charge < -0.3 is 15.4 Å². The Hall–Kier alpha value is -3.35. The van der Waals surface area contributed by atoms with Crippen molar-refractivity contribution >= 4 is 23.5 Å². The summed E-state index contributed by atoms with van der Waals surface area (Å²) < 4.78 is 5.62. The van der Waals surface area contributed by atoms with Crippen LogP contribution in [0.25, 0.3) is 0 Å².